The monoisotopic (exact) mass is 260 g/mol. The van der Waals surface area contributed by atoms with E-state index >= 15 is 0 Å². The Morgan fingerprint density at radius 2 is 2.06 bits per heavy atom. The molecule has 1 aliphatic rings. The minimum Gasteiger partial charge on any atom is -0.397 e. The summed E-state index contributed by atoms with van der Waals surface area (Å²) in [5.74, 6) is 0. The van der Waals surface area contributed by atoms with Gasteiger partial charge in [-0.25, -0.2) is 0 Å². The van der Waals surface area contributed by atoms with E-state index in [0.717, 1.165) is 25.1 Å². The zero-order valence-electron chi connectivity index (χ0n) is 8.80. The van der Waals surface area contributed by atoms with E-state index < -0.39 is 0 Å². The smallest absolute Gasteiger partial charge is 0.0667 e. The second kappa shape index (κ2) is 5.13. The summed E-state index contributed by atoms with van der Waals surface area (Å²) in [4.78, 5) is 0. The minimum absolute atomic E-state index is 0.299. The van der Waals surface area contributed by atoms with Crippen molar-refractivity contribution in [2.45, 2.75) is 18.9 Å². The standard InChI is InChI=1S/C11H14Cl2N2O/c12-8-4-10(14)11(5-9(8)13)15-7-2-1-3-16-6-7/h4-5,7,15H,1-3,6,14H2. The highest BCUT2D eigenvalue weighted by molar-refractivity contribution is 6.42. The van der Waals surface area contributed by atoms with Crippen molar-refractivity contribution in [1.82, 2.24) is 0 Å². The maximum Gasteiger partial charge on any atom is 0.0667 e. The van der Waals surface area contributed by atoms with Gasteiger partial charge < -0.3 is 15.8 Å². The Morgan fingerprint density at radius 1 is 1.31 bits per heavy atom. The molecule has 1 heterocycles. The van der Waals surface area contributed by atoms with Crippen LogP contribution >= 0.6 is 23.2 Å². The first kappa shape index (κ1) is 11.8. The average molecular weight is 261 g/mol. The number of anilines is 2. The van der Waals surface area contributed by atoms with Crippen LogP contribution in [0.25, 0.3) is 0 Å². The molecule has 1 aromatic rings. The molecule has 5 heteroatoms. The summed E-state index contributed by atoms with van der Waals surface area (Å²) in [5, 5.41) is 4.31. The van der Waals surface area contributed by atoms with E-state index in [1.165, 1.54) is 0 Å². The van der Waals surface area contributed by atoms with Crippen molar-refractivity contribution in [3.05, 3.63) is 22.2 Å². The van der Waals surface area contributed by atoms with Crippen LogP contribution in [0.1, 0.15) is 12.8 Å². The molecule has 0 aromatic heterocycles. The Labute approximate surface area is 105 Å². The van der Waals surface area contributed by atoms with Gasteiger partial charge in [0.25, 0.3) is 0 Å². The lowest BCUT2D eigenvalue weighted by atomic mass is 10.1. The molecule has 16 heavy (non-hydrogen) atoms. The van der Waals surface area contributed by atoms with Crippen LogP contribution in [0.4, 0.5) is 11.4 Å². The van der Waals surface area contributed by atoms with Crippen molar-refractivity contribution in [2.75, 3.05) is 24.3 Å². The highest BCUT2D eigenvalue weighted by atomic mass is 35.5. The number of ether oxygens (including phenoxy) is 1. The summed E-state index contributed by atoms with van der Waals surface area (Å²) in [5.41, 5.74) is 7.30. The van der Waals surface area contributed by atoms with Crippen LogP contribution in [-0.2, 0) is 4.74 Å². The third kappa shape index (κ3) is 2.73. The van der Waals surface area contributed by atoms with Crippen LogP contribution < -0.4 is 11.1 Å². The molecular formula is C11H14Cl2N2O. The van der Waals surface area contributed by atoms with Gasteiger partial charge in [0.05, 0.1) is 28.0 Å². The molecule has 0 radical (unpaired) electrons. The molecule has 1 aromatic carbocycles. The molecule has 1 unspecified atom stereocenters. The Morgan fingerprint density at radius 3 is 2.75 bits per heavy atom. The molecule has 0 saturated carbocycles. The Kier molecular flexibility index (Phi) is 3.79. The predicted molar refractivity (Wildman–Crippen MR) is 68.3 cm³/mol. The lowest BCUT2D eigenvalue weighted by Gasteiger charge is -2.25. The van der Waals surface area contributed by atoms with E-state index in [1.807, 2.05) is 0 Å². The number of nitrogens with one attached hydrogen (secondary N) is 1. The Bertz CT molecular complexity index is 378. The summed E-state index contributed by atoms with van der Waals surface area (Å²) >= 11 is 11.8. The first-order valence-electron chi connectivity index (χ1n) is 5.25. The fraction of sp³-hybridized carbons (Fsp3) is 0.455. The quantitative estimate of drug-likeness (QED) is 0.804. The molecule has 2 rings (SSSR count). The molecule has 3 nitrogen and oxygen atoms in total. The first-order valence-corrected chi connectivity index (χ1v) is 6.01. The van der Waals surface area contributed by atoms with Gasteiger partial charge >= 0.3 is 0 Å². The van der Waals surface area contributed by atoms with Crippen LogP contribution in [0.5, 0.6) is 0 Å². The third-order valence-electron chi connectivity index (χ3n) is 2.61. The van der Waals surface area contributed by atoms with Gasteiger partial charge in [-0.1, -0.05) is 23.2 Å². The molecule has 88 valence electrons. The molecule has 1 saturated heterocycles. The highest BCUT2D eigenvalue weighted by Crippen LogP contribution is 2.31. The van der Waals surface area contributed by atoms with E-state index in [9.17, 15) is 0 Å². The van der Waals surface area contributed by atoms with Gasteiger partial charge in [-0.3, -0.25) is 0 Å². The number of nitrogens with two attached hydrogens (primary N) is 1. The minimum atomic E-state index is 0.299. The van der Waals surface area contributed by atoms with E-state index in [-0.39, 0.29) is 0 Å². The largest absolute Gasteiger partial charge is 0.397 e. The maximum absolute atomic E-state index is 5.94. The first-order chi connectivity index (χ1) is 7.66. The van der Waals surface area contributed by atoms with Gasteiger partial charge in [0.2, 0.25) is 0 Å². The van der Waals surface area contributed by atoms with Gasteiger partial charge in [-0.15, -0.1) is 0 Å². The third-order valence-corrected chi connectivity index (χ3v) is 3.33. The number of benzene rings is 1. The normalized spacial score (nSPS) is 20.8. The van der Waals surface area contributed by atoms with Crippen LogP contribution in [0.2, 0.25) is 10.0 Å². The topological polar surface area (TPSA) is 47.3 Å². The molecule has 3 N–H and O–H groups in total. The fourth-order valence-electron chi connectivity index (χ4n) is 1.76. The molecule has 0 aliphatic carbocycles. The number of rotatable bonds is 2. The molecule has 0 spiro atoms. The van der Waals surface area contributed by atoms with Crippen molar-refractivity contribution in [3.63, 3.8) is 0 Å². The molecule has 1 aliphatic heterocycles. The average Bonchev–Trinajstić information content (AvgIpc) is 2.27. The SMILES string of the molecule is Nc1cc(Cl)c(Cl)cc1NC1CCCOC1. The summed E-state index contributed by atoms with van der Waals surface area (Å²) < 4.78 is 5.39. The molecule has 1 atom stereocenters. The zero-order chi connectivity index (χ0) is 11.5. The van der Waals surface area contributed by atoms with Crippen LogP contribution in [0.15, 0.2) is 12.1 Å². The molecule has 1 fully saturated rings. The summed E-state index contributed by atoms with van der Waals surface area (Å²) in [6, 6.07) is 3.72. The van der Waals surface area contributed by atoms with Crippen LogP contribution in [-0.4, -0.2) is 19.3 Å². The van der Waals surface area contributed by atoms with Crippen molar-refractivity contribution in [1.29, 1.82) is 0 Å². The van der Waals surface area contributed by atoms with Crippen molar-refractivity contribution in [2.24, 2.45) is 0 Å². The summed E-state index contributed by atoms with van der Waals surface area (Å²) in [6.07, 6.45) is 2.15. The van der Waals surface area contributed by atoms with E-state index in [4.69, 9.17) is 33.7 Å². The maximum atomic E-state index is 5.94. The lowest BCUT2D eigenvalue weighted by Crippen LogP contribution is -2.30. The predicted octanol–water partition coefficient (Wildman–Crippen LogP) is 3.17. The summed E-state index contributed by atoms with van der Waals surface area (Å²) in [6.45, 7) is 1.55. The number of hydrogen-bond acceptors (Lipinski definition) is 3. The van der Waals surface area contributed by atoms with Crippen LogP contribution in [0, 0.1) is 0 Å². The second-order valence-corrected chi connectivity index (χ2v) is 4.73. The lowest BCUT2D eigenvalue weighted by molar-refractivity contribution is 0.0876. The second-order valence-electron chi connectivity index (χ2n) is 3.91. The van der Waals surface area contributed by atoms with Gasteiger partial charge in [0.1, 0.15) is 0 Å². The van der Waals surface area contributed by atoms with Crippen molar-refractivity contribution < 1.29 is 4.74 Å². The highest BCUT2D eigenvalue weighted by Gasteiger charge is 2.15. The molecule has 0 amide bonds. The number of nitrogen functional groups attached to an aromatic ring is 1. The number of halogens is 2. The number of hydrogen-bond donors (Lipinski definition) is 2. The van der Waals surface area contributed by atoms with Crippen molar-refractivity contribution in [3.8, 4) is 0 Å². The Balaban J connectivity index is 2.11. The van der Waals surface area contributed by atoms with E-state index in [1.54, 1.807) is 12.1 Å². The van der Waals surface area contributed by atoms with Gasteiger partial charge in [-0.05, 0) is 25.0 Å². The van der Waals surface area contributed by atoms with E-state index in [0.29, 0.717) is 28.4 Å². The Hall–Kier alpha value is -0.640. The zero-order valence-corrected chi connectivity index (χ0v) is 10.3. The van der Waals surface area contributed by atoms with Crippen LogP contribution in [0.3, 0.4) is 0 Å². The van der Waals surface area contributed by atoms with E-state index in [2.05, 4.69) is 5.32 Å². The van der Waals surface area contributed by atoms with Gasteiger partial charge in [0, 0.05) is 12.6 Å². The fourth-order valence-corrected chi connectivity index (χ4v) is 2.10. The molecule has 0 bridgehead atoms. The van der Waals surface area contributed by atoms with Gasteiger partial charge in [-0.2, -0.15) is 0 Å². The van der Waals surface area contributed by atoms with Crippen molar-refractivity contribution >= 4 is 34.6 Å². The molecular weight excluding hydrogens is 247 g/mol. The summed E-state index contributed by atoms with van der Waals surface area (Å²) in [7, 11) is 0. The van der Waals surface area contributed by atoms with Gasteiger partial charge in [0.15, 0.2) is 0 Å².